The molecule has 0 radical (unpaired) electrons. The molecule has 1 aromatic heterocycles. The Balaban J connectivity index is 2.67. The number of halogens is 2. The van der Waals surface area contributed by atoms with Gasteiger partial charge in [0.25, 0.3) is 0 Å². The first kappa shape index (κ1) is 10.9. The smallest absolute Gasteiger partial charge is 0.0630 e. The summed E-state index contributed by atoms with van der Waals surface area (Å²) in [6, 6.07) is 2.00. The maximum Gasteiger partial charge on any atom is 0.0630 e. The zero-order valence-electron chi connectivity index (χ0n) is 7.93. The van der Waals surface area contributed by atoms with Crippen LogP contribution in [-0.2, 0) is 13.5 Å². The molecule has 0 atom stereocenters. The van der Waals surface area contributed by atoms with Crippen LogP contribution in [0.25, 0.3) is 0 Å². The van der Waals surface area contributed by atoms with Crippen molar-refractivity contribution in [1.82, 2.24) is 9.78 Å². The lowest BCUT2D eigenvalue weighted by Crippen LogP contribution is -2.24. The molecule has 0 bridgehead atoms. The highest BCUT2D eigenvalue weighted by Gasteiger charge is 2.23. The third-order valence-corrected chi connectivity index (χ3v) is 3.31. The normalized spacial score (nSPS) is 12.0. The van der Waals surface area contributed by atoms with E-state index in [0.717, 1.165) is 12.1 Å². The summed E-state index contributed by atoms with van der Waals surface area (Å²) in [5.41, 5.74) is 1.00. The Bertz CT molecular complexity index is 266. The van der Waals surface area contributed by atoms with Crippen LogP contribution in [0, 0.1) is 5.41 Å². The van der Waals surface area contributed by atoms with Crippen molar-refractivity contribution in [2.24, 2.45) is 12.5 Å². The summed E-state index contributed by atoms with van der Waals surface area (Å²) in [6.45, 7) is 2.07. The molecule has 74 valence electrons. The highest BCUT2D eigenvalue weighted by Crippen LogP contribution is 2.24. The monoisotopic (exact) mass is 220 g/mol. The summed E-state index contributed by atoms with van der Waals surface area (Å²) in [5.74, 6) is 1.13. The van der Waals surface area contributed by atoms with Crippen molar-refractivity contribution in [3.8, 4) is 0 Å². The van der Waals surface area contributed by atoms with Gasteiger partial charge in [0.15, 0.2) is 0 Å². The Morgan fingerprint density at radius 3 is 2.46 bits per heavy atom. The van der Waals surface area contributed by atoms with Gasteiger partial charge in [0.05, 0.1) is 5.69 Å². The fourth-order valence-electron chi connectivity index (χ4n) is 1.12. The number of hydrogen-bond donors (Lipinski definition) is 0. The van der Waals surface area contributed by atoms with Crippen molar-refractivity contribution in [3.05, 3.63) is 18.0 Å². The molecule has 0 spiro atoms. The zero-order valence-corrected chi connectivity index (χ0v) is 9.44. The lowest BCUT2D eigenvalue weighted by atomic mass is 9.90. The zero-order chi connectivity index (χ0) is 9.90. The Morgan fingerprint density at radius 1 is 1.46 bits per heavy atom. The van der Waals surface area contributed by atoms with E-state index in [9.17, 15) is 0 Å². The molecule has 0 saturated heterocycles. The van der Waals surface area contributed by atoms with Crippen LogP contribution in [0.2, 0.25) is 0 Å². The number of aryl methyl sites for hydroxylation is 1. The molecule has 0 aliphatic heterocycles. The molecule has 2 nitrogen and oxygen atoms in total. The van der Waals surface area contributed by atoms with Crippen LogP contribution in [0.3, 0.4) is 0 Å². The molecule has 0 amide bonds. The fraction of sp³-hybridized carbons (Fsp3) is 0.667. The van der Waals surface area contributed by atoms with Crippen molar-refractivity contribution >= 4 is 23.2 Å². The summed E-state index contributed by atoms with van der Waals surface area (Å²) in [4.78, 5) is 0. The van der Waals surface area contributed by atoms with Gasteiger partial charge in [-0.2, -0.15) is 5.10 Å². The van der Waals surface area contributed by atoms with Crippen LogP contribution < -0.4 is 0 Å². The van der Waals surface area contributed by atoms with Gasteiger partial charge >= 0.3 is 0 Å². The Labute approximate surface area is 88.8 Å². The molecule has 0 aliphatic carbocycles. The van der Waals surface area contributed by atoms with Crippen molar-refractivity contribution < 1.29 is 0 Å². The minimum atomic E-state index is -0.0442. The lowest BCUT2D eigenvalue weighted by Gasteiger charge is -2.22. The van der Waals surface area contributed by atoms with Crippen LogP contribution in [0.5, 0.6) is 0 Å². The number of nitrogens with zero attached hydrogens (tertiary/aromatic N) is 2. The predicted molar refractivity (Wildman–Crippen MR) is 56.5 cm³/mol. The van der Waals surface area contributed by atoms with E-state index in [0.29, 0.717) is 11.8 Å². The first-order chi connectivity index (χ1) is 6.09. The Hall–Kier alpha value is -0.210. The quantitative estimate of drug-likeness (QED) is 0.714. The first-order valence-electron chi connectivity index (χ1n) is 4.20. The van der Waals surface area contributed by atoms with E-state index in [4.69, 9.17) is 23.2 Å². The maximum absolute atomic E-state index is 5.85. The van der Waals surface area contributed by atoms with Crippen LogP contribution in [0.4, 0.5) is 0 Å². The van der Waals surface area contributed by atoms with E-state index in [1.807, 2.05) is 19.3 Å². The highest BCUT2D eigenvalue weighted by atomic mass is 35.5. The summed E-state index contributed by atoms with van der Waals surface area (Å²) >= 11 is 11.7. The standard InChI is InChI=1S/C9H14Cl2N2/c1-9(6-10,7-11)5-8-3-4-13(2)12-8/h3-4H,5-7H2,1-2H3. The largest absolute Gasteiger partial charge is 0.276 e. The van der Waals surface area contributed by atoms with Crippen molar-refractivity contribution in [2.75, 3.05) is 11.8 Å². The van der Waals surface area contributed by atoms with Gasteiger partial charge in [0.1, 0.15) is 0 Å². The molecular formula is C9H14Cl2N2. The van der Waals surface area contributed by atoms with Gasteiger partial charge in [-0.25, -0.2) is 0 Å². The van der Waals surface area contributed by atoms with Crippen molar-refractivity contribution in [3.63, 3.8) is 0 Å². The molecule has 1 aromatic rings. The Kier molecular flexibility index (Phi) is 3.63. The lowest BCUT2D eigenvalue weighted by molar-refractivity contribution is 0.418. The van der Waals surface area contributed by atoms with Crippen molar-refractivity contribution in [2.45, 2.75) is 13.3 Å². The van der Waals surface area contributed by atoms with E-state index in [2.05, 4.69) is 12.0 Å². The molecule has 0 unspecified atom stereocenters. The van der Waals surface area contributed by atoms with Gasteiger partial charge in [-0.05, 0) is 12.5 Å². The number of rotatable bonds is 4. The number of alkyl halides is 2. The van der Waals surface area contributed by atoms with Crippen molar-refractivity contribution in [1.29, 1.82) is 0 Å². The van der Waals surface area contributed by atoms with Gasteiger partial charge < -0.3 is 0 Å². The second kappa shape index (κ2) is 4.34. The number of hydrogen-bond acceptors (Lipinski definition) is 1. The average molecular weight is 221 g/mol. The van der Waals surface area contributed by atoms with Gasteiger partial charge in [0, 0.05) is 30.4 Å². The molecule has 0 aromatic carbocycles. The van der Waals surface area contributed by atoms with E-state index in [-0.39, 0.29) is 5.41 Å². The second-order valence-corrected chi connectivity index (χ2v) is 4.27. The second-order valence-electron chi connectivity index (χ2n) is 3.74. The van der Waals surface area contributed by atoms with Gasteiger partial charge in [-0.15, -0.1) is 23.2 Å². The summed E-state index contributed by atoms with van der Waals surface area (Å²) in [5, 5.41) is 4.29. The summed E-state index contributed by atoms with van der Waals surface area (Å²) in [7, 11) is 1.90. The molecule has 4 heteroatoms. The van der Waals surface area contributed by atoms with Crippen LogP contribution >= 0.6 is 23.2 Å². The third kappa shape index (κ3) is 2.89. The van der Waals surface area contributed by atoms with E-state index >= 15 is 0 Å². The van der Waals surface area contributed by atoms with Crippen LogP contribution in [0.15, 0.2) is 12.3 Å². The molecular weight excluding hydrogens is 207 g/mol. The summed E-state index contributed by atoms with van der Waals surface area (Å²) < 4.78 is 1.79. The SMILES string of the molecule is Cn1ccc(CC(C)(CCl)CCl)n1. The minimum Gasteiger partial charge on any atom is -0.276 e. The molecule has 1 rings (SSSR count). The Morgan fingerprint density at radius 2 is 2.08 bits per heavy atom. The van der Waals surface area contributed by atoms with E-state index in [1.54, 1.807) is 4.68 Å². The number of aromatic nitrogens is 2. The molecule has 1 heterocycles. The van der Waals surface area contributed by atoms with Crippen LogP contribution in [-0.4, -0.2) is 21.5 Å². The molecule has 13 heavy (non-hydrogen) atoms. The fourth-order valence-corrected chi connectivity index (χ4v) is 1.60. The van der Waals surface area contributed by atoms with E-state index in [1.165, 1.54) is 0 Å². The van der Waals surface area contributed by atoms with Gasteiger partial charge in [-0.1, -0.05) is 6.92 Å². The maximum atomic E-state index is 5.85. The van der Waals surface area contributed by atoms with Crippen LogP contribution in [0.1, 0.15) is 12.6 Å². The van der Waals surface area contributed by atoms with Gasteiger partial charge in [-0.3, -0.25) is 4.68 Å². The minimum absolute atomic E-state index is 0.0442. The highest BCUT2D eigenvalue weighted by molar-refractivity contribution is 6.21. The molecule has 0 fully saturated rings. The molecule has 0 N–H and O–H groups in total. The predicted octanol–water partition coefficient (Wildman–Crippen LogP) is 2.45. The molecule has 0 aliphatic rings. The third-order valence-electron chi connectivity index (χ3n) is 2.02. The summed E-state index contributed by atoms with van der Waals surface area (Å²) in [6.07, 6.45) is 2.76. The van der Waals surface area contributed by atoms with E-state index < -0.39 is 0 Å². The topological polar surface area (TPSA) is 17.8 Å². The molecule has 0 saturated carbocycles. The average Bonchev–Trinajstić information content (AvgIpc) is 2.51. The van der Waals surface area contributed by atoms with Gasteiger partial charge in [0.2, 0.25) is 0 Å². The first-order valence-corrected chi connectivity index (χ1v) is 5.27.